The predicted molar refractivity (Wildman–Crippen MR) is 86.8 cm³/mol. The molecule has 0 atom stereocenters. The summed E-state index contributed by atoms with van der Waals surface area (Å²) in [6, 6.07) is 0. The van der Waals surface area contributed by atoms with E-state index in [1.807, 2.05) is 18.4 Å². The zero-order chi connectivity index (χ0) is 16.7. The molecular weight excluding hydrogens is 298 g/mol. The van der Waals surface area contributed by atoms with Crippen molar-refractivity contribution in [2.45, 2.75) is 20.4 Å². The Hall–Kier alpha value is -2.84. The number of anilines is 1. The van der Waals surface area contributed by atoms with Gasteiger partial charge in [-0.1, -0.05) is 0 Å². The van der Waals surface area contributed by atoms with E-state index in [4.69, 9.17) is 0 Å². The third-order valence-corrected chi connectivity index (χ3v) is 4.12. The third kappa shape index (κ3) is 2.43. The van der Waals surface area contributed by atoms with Gasteiger partial charge in [0.05, 0.1) is 12.0 Å². The Morgan fingerprint density at radius 2 is 1.96 bits per heavy atom. The Balaban J connectivity index is 1.86. The Bertz CT molecular complexity index is 989. The summed E-state index contributed by atoms with van der Waals surface area (Å²) in [4.78, 5) is 34.5. The number of H-pyrrole nitrogens is 1. The number of nitrogens with zero attached hydrogens (tertiary/aromatic N) is 5. The Kier molecular flexibility index (Phi) is 3.55. The molecule has 23 heavy (non-hydrogen) atoms. The van der Waals surface area contributed by atoms with Crippen LogP contribution < -0.4 is 16.6 Å². The Labute approximate surface area is 131 Å². The molecule has 0 aromatic carbocycles. The van der Waals surface area contributed by atoms with E-state index in [-0.39, 0.29) is 0 Å². The van der Waals surface area contributed by atoms with Crippen LogP contribution in [0.2, 0.25) is 0 Å². The number of hydrogen-bond acceptors (Lipinski definition) is 5. The lowest BCUT2D eigenvalue weighted by atomic mass is 10.4. The number of nitrogens with one attached hydrogen (secondary N) is 2. The summed E-state index contributed by atoms with van der Waals surface area (Å²) in [5, 5.41) is 3.20. The molecule has 0 bridgehead atoms. The van der Waals surface area contributed by atoms with Crippen LogP contribution in [0.5, 0.6) is 0 Å². The summed E-state index contributed by atoms with van der Waals surface area (Å²) >= 11 is 0. The van der Waals surface area contributed by atoms with Crippen molar-refractivity contribution < 1.29 is 0 Å². The van der Waals surface area contributed by atoms with E-state index in [1.54, 1.807) is 25.0 Å². The van der Waals surface area contributed by atoms with E-state index in [1.165, 1.54) is 4.57 Å². The van der Waals surface area contributed by atoms with Gasteiger partial charge in [0, 0.05) is 32.9 Å². The molecule has 9 heteroatoms. The molecule has 0 aliphatic rings. The fourth-order valence-electron chi connectivity index (χ4n) is 2.52. The molecule has 0 saturated heterocycles. The highest BCUT2D eigenvalue weighted by atomic mass is 16.2. The molecule has 3 rings (SSSR count). The van der Waals surface area contributed by atoms with Gasteiger partial charge < -0.3 is 14.5 Å². The summed E-state index contributed by atoms with van der Waals surface area (Å²) in [5.74, 6) is 0.543. The maximum Gasteiger partial charge on any atom is 0.329 e. The minimum atomic E-state index is -0.475. The number of hydrogen-bond donors (Lipinski definition) is 2. The molecule has 3 heterocycles. The van der Waals surface area contributed by atoms with Gasteiger partial charge in [-0.25, -0.2) is 9.78 Å². The van der Waals surface area contributed by atoms with Gasteiger partial charge >= 0.3 is 5.69 Å². The summed E-state index contributed by atoms with van der Waals surface area (Å²) < 4.78 is 5.03. The second kappa shape index (κ2) is 5.41. The fraction of sp³-hybridized carbons (Fsp3) is 0.429. The van der Waals surface area contributed by atoms with Crippen LogP contribution in [0.1, 0.15) is 11.4 Å². The average Bonchev–Trinajstić information content (AvgIpc) is 3.00. The standard InChI is InChI=1S/C14H19N7O2/c1-8-9(2)21(7-16-8)6-5-15-13-17-11-10(19(13)3)12(22)18-14(23)20(11)4/h7H,5-6H2,1-4H3,(H,15,17)(H,18,22,23). The van der Waals surface area contributed by atoms with Crippen LogP contribution in [-0.4, -0.2) is 35.2 Å². The zero-order valence-corrected chi connectivity index (χ0v) is 13.5. The van der Waals surface area contributed by atoms with Crippen molar-refractivity contribution in [3.05, 3.63) is 38.6 Å². The molecule has 0 spiro atoms. The van der Waals surface area contributed by atoms with Gasteiger partial charge in [0.15, 0.2) is 11.2 Å². The molecule has 0 amide bonds. The molecule has 0 unspecified atom stereocenters. The summed E-state index contributed by atoms with van der Waals surface area (Å²) in [7, 11) is 3.32. The van der Waals surface area contributed by atoms with E-state index in [0.29, 0.717) is 23.7 Å². The minimum absolute atomic E-state index is 0.360. The average molecular weight is 317 g/mol. The molecule has 0 fully saturated rings. The normalized spacial score (nSPS) is 11.3. The van der Waals surface area contributed by atoms with Crippen LogP contribution in [0.25, 0.3) is 11.2 Å². The van der Waals surface area contributed by atoms with Crippen molar-refractivity contribution in [1.82, 2.24) is 28.7 Å². The number of rotatable bonds is 4. The SMILES string of the molecule is Cc1ncn(CCNc2nc3c(c(=O)[nH]c(=O)n3C)n2C)c1C. The molecule has 0 aliphatic carbocycles. The van der Waals surface area contributed by atoms with Crippen LogP contribution in [0.15, 0.2) is 15.9 Å². The lowest BCUT2D eigenvalue weighted by Gasteiger charge is -2.08. The largest absolute Gasteiger partial charge is 0.354 e. The monoisotopic (exact) mass is 317 g/mol. The second-order valence-corrected chi connectivity index (χ2v) is 5.52. The van der Waals surface area contributed by atoms with Crippen molar-refractivity contribution in [2.24, 2.45) is 14.1 Å². The third-order valence-electron chi connectivity index (χ3n) is 4.12. The van der Waals surface area contributed by atoms with Crippen molar-refractivity contribution >= 4 is 17.1 Å². The molecule has 2 N–H and O–H groups in total. The van der Waals surface area contributed by atoms with E-state index in [2.05, 4.69) is 20.3 Å². The molecule has 9 nitrogen and oxygen atoms in total. The smallest absolute Gasteiger partial charge is 0.329 e. The van der Waals surface area contributed by atoms with Gasteiger partial charge in [0.1, 0.15) is 0 Å². The van der Waals surface area contributed by atoms with Crippen molar-refractivity contribution in [1.29, 1.82) is 0 Å². The summed E-state index contributed by atoms with van der Waals surface area (Å²) in [6.07, 6.45) is 1.80. The molecule has 0 aliphatic heterocycles. The van der Waals surface area contributed by atoms with Crippen LogP contribution in [0.3, 0.4) is 0 Å². The maximum atomic E-state index is 12.0. The molecule has 122 valence electrons. The van der Waals surface area contributed by atoms with Crippen LogP contribution >= 0.6 is 0 Å². The molecule has 3 aromatic heterocycles. The Morgan fingerprint density at radius 1 is 1.22 bits per heavy atom. The predicted octanol–water partition coefficient (Wildman–Crippen LogP) is -0.114. The number of imidazole rings is 2. The second-order valence-electron chi connectivity index (χ2n) is 5.52. The molecule has 0 radical (unpaired) electrons. The number of fused-ring (bicyclic) bond motifs is 1. The highest BCUT2D eigenvalue weighted by molar-refractivity contribution is 5.73. The first-order valence-electron chi connectivity index (χ1n) is 7.28. The first-order valence-corrected chi connectivity index (χ1v) is 7.28. The highest BCUT2D eigenvalue weighted by Crippen LogP contribution is 2.12. The van der Waals surface area contributed by atoms with Gasteiger partial charge in [-0.3, -0.25) is 14.3 Å². The topological polar surface area (TPSA) is 103 Å². The molecule has 0 saturated carbocycles. The maximum absolute atomic E-state index is 12.0. The van der Waals surface area contributed by atoms with Crippen molar-refractivity contribution in [3.63, 3.8) is 0 Å². The fourth-order valence-corrected chi connectivity index (χ4v) is 2.52. The number of aryl methyl sites for hydroxylation is 3. The van der Waals surface area contributed by atoms with E-state index >= 15 is 0 Å². The van der Waals surface area contributed by atoms with E-state index in [9.17, 15) is 9.59 Å². The summed E-state index contributed by atoms with van der Waals surface area (Å²) in [5.41, 5.74) is 1.94. The first kappa shape index (κ1) is 15.1. The lowest BCUT2D eigenvalue weighted by molar-refractivity contribution is 0.700. The first-order chi connectivity index (χ1) is 10.9. The van der Waals surface area contributed by atoms with Crippen molar-refractivity contribution in [2.75, 3.05) is 11.9 Å². The van der Waals surface area contributed by atoms with Crippen molar-refractivity contribution in [3.8, 4) is 0 Å². The minimum Gasteiger partial charge on any atom is -0.354 e. The van der Waals surface area contributed by atoms with E-state index < -0.39 is 11.2 Å². The highest BCUT2D eigenvalue weighted by Gasteiger charge is 2.14. The van der Waals surface area contributed by atoms with Gasteiger partial charge in [0.2, 0.25) is 5.95 Å². The zero-order valence-electron chi connectivity index (χ0n) is 13.5. The molecule has 3 aromatic rings. The van der Waals surface area contributed by atoms with Crippen LogP contribution in [0.4, 0.5) is 5.95 Å². The molecular formula is C14H19N7O2. The number of aromatic amines is 1. The van der Waals surface area contributed by atoms with E-state index in [0.717, 1.165) is 17.9 Å². The van der Waals surface area contributed by atoms with Gasteiger partial charge in [-0.15, -0.1) is 0 Å². The van der Waals surface area contributed by atoms with Gasteiger partial charge in [0.25, 0.3) is 5.56 Å². The Morgan fingerprint density at radius 3 is 2.61 bits per heavy atom. The van der Waals surface area contributed by atoms with Crippen LogP contribution in [-0.2, 0) is 20.6 Å². The lowest BCUT2D eigenvalue weighted by Crippen LogP contribution is -2.29. The number of aromatic nitrogens is 6. The quantitative estimate of drug-likeness (QED) is 0.699. The van der Waals surface area contributed by atoms with Crippen LogP contribution in [0, 0.1) is 13.8 Å². The van der Waals surface area contributed by atoms with Gasteiger partial charge in [-0.2, -0.15) is 4.98 Å². The van der Waals surface area contributed by atoms with Gasteiger partial charge in [-0.05, 0) is 13.8 Å². The summed E-state index contributed by atoms with van der Waals surface area (Å²) in [6.45, 7) is 5.34.